The molecule has 0 aliphatic rings. The molecular weight excluding hydrogens is 261 g/mol. The number of nitrogens with zero attached hydrogens (tertiary/aromatic N) is 1. The molecule has 2 rings (SSSR count). The van der Waals surface area contributed by atoms with Gasteiger partial charge in [-0.2, -0.15) is 4.73 Å². The second-order valence-corrected chi connectivity index (χ2v) is 4.76. The lowest BCUT2D eigenvalue weighted by Gasteiger charge is -2.05. The second kappa shape index (κ2) is 5.38. The van der Waals surface area contributed by atoms with Crippen LogP contribution in [0.5, 0.6) is 0 Å². The van der Waals surface area contributed by atoms with Crippen molar-refractivity contribution in [2.24, 2.45) is 0 Å². The Balaban J connectivity index is 2.16. The van der Waals surface area contributed by atoms with Crippen LogP contribution in [0.15, 0.2) is 47.6 Å². The molecule has 0 unspecified atom stereocenters. The van der Waals surface area contributed by atoms with Gasteiger partial charge in [0.15, 0.2) is 6.20 Å². The molecule has 1 aromatic carbocycles. The summed E-state index contributed by atoms with van der Waals surface area (Å²) in [6.07, 6.45) is 1.41. The zero-order chi connectivity index (χ0) is 12.3. The summed E-state index contributed by atoms with van der Waals surface area (Å²) in [5.74, 6) is -0.0176. The van der Waals surface area contributed by atoms with E-state index >= 15 is 0 Å². The van der Waals surface area contributed by atoms with Gasteiger partial charge in [-0.1, -0.05) is 29.4 Å². The van der Waals surface area contributed by atoms with Crippen molar-refractivity contribution in [3.8, 4) is 0 Å². The fourth-order valence-corrected chi connectivity index (χ4v) is 2.60. The molecular formula is C12H9ClFNOS. The lowest BCUT2D eigenvalue weighted by molar-refractivity contribution is -0.645. The van der Waals surface area contributed by atoms with Crippen LogP contribution in [0, 0.1) is 11.0 Å². The summed E-state index contributed by atoms with van der Waals surface area (Å²) in [5.41, 5.74) is 0.419. The molecule has 0 aliphatic heterocycles. The number of thioether (sulfide) groups is 1. The largest absolute Gasteiger partial charge is 0.618 e. The molecule has 0 radical (unpaired) electrons. The number of hydrogen-bond acceptors (Lipinski definition) is 2. The molecule has 0 saturated heterocycles. The summed E-state index contributed by atoms with van der Waals surface area (Å²) in [4.78, 5) is 0. The van der Waals surface area contributed by atoms with Gasteiger partial charge in [0.05, 0.1) is 0 Å². The first-order chi connectivity index (χ1) is 8.18. The summed E-state index contributed by atoms with van der Waals surface area (Å²) < 4.78 is 14.2. The van der Waals surface area contributed by atoms with E-state index in [4.69, 9.17) is 11.6 Å². The monoisotopic (exact) mass is 269 g/mol. The van der Waals surface area contributed by atoms with E-state index in [1.807, 2.05) is 0 Å². The molecule has 2 aromatic rings. The van der Waals surface area contributed by atoms with Crippen molar-refractivity contribution >= 4 is 23.4 Å². The predicted molar refractivity (Wildman–Crippen MR) is 66.4 cm³/mol. The van der Waals surface area contributed by atoms with Crippen molar-refractivity contribution in [2.45, 2.75) is 10.8 Å². The van der Waals surface area contributed by atoms with Crippen LogP contribution in [0.4, 0.5) is 4.39 Å². The average molecular weight is 270 g/mol. The molecule has 0 aliphatic carbocycles. The first kappa shape index (κ1) is 12.2. The Morgan fingerprint density at radius 2 is 2.06 bits per heavy atom. The number of hydrogen-bond donors (Lipinski definition) is 0. The summed E-state index contributed by atoms with van der Waals surface area (Å²) in [7, 11) is 0. The third kappa shape index (κ3) is 2.90. The molecule has 17 heavy (non-hydrogen) atoms. The first-order valence-electron chi connectivity index (χ1n) is 4.92. The molecule has 5 heteroatoms. The normalized spacial score (nSPS) is 10.5. The van der Waals surface area contributed by atoms with Crippen LogP contribution in [0.2, 0.25) is 5.02 Å². The Bertz CT molecular complexity index is 515. The maximum Gasteiger partial charge on any atom is 0.251 e. The predicted octanol–water partition coefficient (Wildman–Crippen LogP) is 3.40. The SMILES string of the molecule is [O-][n+]1ccccc1SCc1c(F)cccc1Cl. The molecule has 88 valence electrons. The van der Waals surface area contributed by atoms with E-state index in [0.29, 0.717) is 21.4 Å². The third-order valence-corrected chi connectivity index (χ3v) is 3.61. The van der Waals surface area contributed by atoms with Crippen molar-refractivity contribution < 1.29 is 9.12 Å². The Kier molecular flexibility index (Phi) is 3.86. The van der Waals surface area contributed by atoms with Crippen molar-refractivity contribution in [2.75, 3.05) is 0 Å². The Hall–Kier alpha value is -1.26. The number of pyridine rings is 1. The Morgan fingerprint density at radius 1 is 1.24 bits per heavy atom. The first-order valence-corrected chi connectivity index (χ1v) is 6.28. The molecule has 0 fully saturated rings. The standard InChI is InChI=1S/C12H9ClFNOS/c13-10-4-3-5-11(14)9(10)8-17-12-6-1-2-7-15(12)16/h1-7H,8H2. The summed E-state index contributed by atoms with van der Waals surface area (Å²) >= 11 is 7.15. The van der Waals surface area contributed by atoms with Gasteiger partial charge in [-0.05, 0) is 18.2 Å². The minimum absolute atomic E-state index is 0.331. The highest BCUT2D eigenvalue weighted by atomic mass is 35.5. The van der Waals surface area contributed by atoms with Crippen molar-refractivity contribution in [1.82, 2.24) is 0 Å². The number of benzene rings is 1. The highest BCUT2D eigenvalue weighted by molar-refractivity contribution is 7.98. The average Bonchev–Trinajstić information content (AvgIpc) is 2.30. The molecule has 0 spiro atoms. The van der Waals surface area contributed by atoms with E-state index < -0.39 is 0 Å². The molecule has 0 bridgehead atoms. The zero-order valence-corrected chi connectivity index (χ0v) is 10.3. The highest BCUT2D eigenvalue weighted by Crippen LogP contribution is 2.26. The molecule has 0 amide bonds. The minimum Gasteiger partial charge on any atom is -0.618 e. The van der Waals surface area contributed by atoms with E-state index in [9.17, 15) is 9.60 Å². The fraction of sp³-hybridized carbons (Fsp3) is 0.0833. The van der Waals surface area contributed by atoms with Crippen LogP contribution in [0.25, 0.3) is 0 Å². The highest BCUT2D eigenvalue weighted by Gasteiger charge is 2.10. The van der Waals surface area contributed by atoms with Crippen molar-refractivity contribution in [1.29, 1.82) is 0 Å². The summed E-state index contributed by atoms with van der Waals surface area (Å²) in [6, 6.07) is 9.65. The van der Waals surface area contributed by atoms with Gasteiger partial charge in [0.25, 0.3) is 5.03 Å². The minimum atomic E-state index is -0.349. The van der Waals surface area contributed by atoms with E-state index in [1.165, 1.54) is 24.0 Å². The second-order valence-electron chi connectivity index (χ2n) is 3.35. The Morgan fingerprint density at radius 3 is 2.76 bits per heavy atom. The third-order valence-electron chi connectivity index (χ3n) is 2.21. The maximum absolute atomic E-state index is 13.5. The molecule has 0 N–H and O–H groups in total. The van der Waals surface area contributed by atoms with Crippen molar-refractivity contribution in [3.63, 3.8) is 0 Å². The van der Waals surface area contributed by atoms with Gasteiger partial charge >= 0.3 is 0 Å². The smallest absolute Gasteiger partial charge is 0.251 e. The van der Waals surface area contributed by atoms with E-state index in [-0.39, 0.29) is 5.82 Å². The Labute approximate surface area is 108 Å². The molecule has 1 heterocycles. The van der Waals surface area contributed by atoms with Crippen LogP contribution in [0.1, 0.15) is 5.56 Å². The van der Waals surface area contributed by atoms with Gasteiger partial charge in [-0.15, -0.1) is 0 Å². The van der Waals surface area contributed by atoms with Crippen molar-refractivity contribution in [3.05, 3.63) is 64.2 Å². The molecule has 1 aromatic heterocycles. The fourth-order valence-electron chi connectivity index (χ4n) is 1.34. The van der Waals surface area contributed by atoms with Gasteiger partial charge in [0.2, 0.25) is 0 Å². The molecule has 0 atom stereocenters. The van der Waals surface area contributed by atoms with Gasteiger partial charge < -0.3 is 5.21 Å². The van der Waals surface area contributed by atoms with Gasteiger partial charge in [-0.3, -0.25) is 0 Å². The van der Waals surface area contributed by atoms with Crippen LogP contribution in [-0.2, 0) is 5.75 Å². The van der Waals surface area contributed by atoms with Gasteiger partial charge in [0.1, 0.15) is 5.82 Å². The van der Waals surface area contributed by atoms with Gasteiger partial charge in [0, 0.05) is 28.5 Å². The number of rotatable bonds is 3. The zero-order valence-electron chi connectivity index (χ0n) is 8.77. The van der Waals surface area contributed by atoms with E-state index in [1.54, 1.807) is 30.3 Å². The van der Waals surface area contributed by atoms with Crippen LogP contribution < -0.4 is 4.73 Å². The topological polar surface area (TPSA) is 26.9 Å². The van der Waals surface area contributed by atoms with E-state index in [2.05, 4.69) is 0 Å². The molecule has 2 nitrogen and oxygen atoms in total. The summed E-state index contributed by atoms with van der Waals surface area (Å²) in [5, 5.41) is 12.3. The quantitative estimate of drug-likeness (QED) is 0.485. The van der Waals surface area contributed by atoms with Crippen LogP contribution >= 0.6 is 23.4 Å². The lowest BCUT2D eigenvalue weighted by Crippen LogP contribution is -2.27. The maximum atomic E-state index is 13.5. The lowest BCUT2D eigenvalue weighted by atomic mass is 10.2. The van der Waals surface area contributed by atoms with Gasteiger partial charge in [-0.25, -0.2) is 4.39 Å². The molecule has 0 saturated carbocycles. The van der Waals surface area contributed by atoms with E-state index in [0.717, 1.165) is 4.73 Å². The number of aromatic nitrogens is 1. The summed E-state index contributed by atoms with van der Waals surface area (Å²) in [6.45, 7) is 0. The van der Waals surface area contributed by atoms with Crippen LogP contribution in [0.3, 0.4) is 0 Å². The number of halogens is 2. The van der Waals surface area contributed by atoms with Crippen LogP contribution in [-0.4, -0.2) is 0 Å².